The normalized spacial score (nSPS) is 14.8. The predicted molar refractivity (Wildman–Crippen MR) is 144 cm³/mol. The molecule has 2 heterocycles. The number of carbonyl (C=O) groups excluding carboxylic acids is 1. The van der Waals surface area contributed by atoms with E-state index in [0.717, 1.165) is 37.4 Å². The van der Waals surface area contributed by atoms with Crippen LogP contribution in [0.3, 0.4) is 0 Å². The Morgan fingerprint density at radius 2 is 1.49 bits per heavy atom. The van der Waals surface area contributed by atoms with Crippen molar-refractivity contribution in [2.45, 2.75) is 6.04 Å². The zero-order chi connectivity index (χ0) is 24.0. The van der Waals surface area contributed by atoms with Gasteiger partial charge in [-0.1, -0.05) is 84.4 Å². The molecule has 4 aromatic rings. The van der Waals surface area contributed by atoms with E-state index in [2.05, 4.69) is 80.8 Å². The second-order valence-electron chi connectivity index (χ2n) is 8.63. The maximum atomic E-state index is 12.7. The van der Waals surface area contributed by atoms with E-state index in [0.29, 0.717) is 16.7 Å². The molecular formula is C28H27ClN4OS. The van der Waals surface area contributed by atoms with Gasteiger partial charge in [0.05, 0.1) is 18.3 Å². The van der Waals surface area contributed by atoms with Gasteiger partial charge in [-0.3, -0.25) is 14.6 Å². The molecule has 0 saturated carbocycles. The number of hydrogen-bond acceptors (Lipinski definition) is 5. The molecule has 1 aromatic heterocycles. The second-order valence-corrected chi connectivity index (χ2v) is 9.92. The molecule has 1 saturated heterocycles. The molecule has 1 N–H and O–H groups in total. The number of nitrogens with one attached hydrogen (secondary N) is 1. The highest BCUT2D eigenvalue weighted by Crippen LogP contribution is 2.30. The molecule has 1 fully saturated rings. The lowest BCUT2D eigenvalue weighted by atomic mass is 9.96. The first-order valence-electron chi connectivity index (χ1n) is 11.7. The molecule has 0 aliphatic carbocycles. The van der Waals surface area contributed by atoms with Crippen LogP contribution in [0, 0.1) is 0 Å². The zero-order valence-corrected chi connectivity index (χ0v) is 20.9. The summed E-state index contributed by atoms with van der Waals surface area (Å²) >= 11 is 7.41. The van der Waals surface area contributed by atoms with E-state index in [-0.39, 0.29) is 11.9 Å². The quantitative estimate of drug-likeness (QED) is 0.346. The number of piperazine rings is 1. The third kappa shape index (κ3) is 5.97. The van der Waals surface area contributed by atoms with Crippen LogP contribution in [-0.4, -0.2) is 53.4 Å². The van der Waals surface area contributed by atoms with E-state index < -0.39 is 0 Å². The summed E-state index contributed by atoms with van der Waals surface area (Å²) in [6, 6.07) is 29.1. The Hall–Kier alpha value is -3.03. The van der Waals surface area contributed by atoms with E-state index >= 15 is 0 Å². The molecule has 0 spiro atoms. The molecule has 5 rings (SSSR count). The number of carbonyl (C=O) groups is 1. The number of hydrogen-bond donors (Lipinski definition) is 1. The standard InChI is InChI=1S/C28H27ClN4OS/c29-24-13-11-21(12-14-24)25-20-35-28(30-25)31-26(34)19-32-15-17-33(18-16-32)27(22-7-3-1-4-8-22)23-9-5-2-6-10-23/h1-14,20,27H,15-19H2,(H,30,31,34). The minimum absolute atomic E-state index is 0.0295. The molecule has 0 unspecified atom stereocenters. The average Bonchev–Trinajstić information content (AvgIpc) is 3.35. The molecular weight excluding hydrogens is 476 g/mol. The molecule has 7 heteroatoms. The summed E-state index contributed by atoms with van der Waals surface area (Å²) in [7, 11) is 0. The third-order valence-electron chi connectivity index (χ3n) is 6.26. The molecule has 1 aliphatic heterocycles. The van der Waals surface area contributed by atoms with E-state index in [9.17, 15) is 4.79 Å². The minimum Gasteiger partial charge on any atom is -0.301 e. The van der Waals surface area contributed by atoms with Gasteiger partial charge in [0.25, 0.3) is 0 Å². The number of anilines is 1. The van der Waals surface area contributed by atoms with Crippen LogP contribution >= 0.6 is 22.9 Å². The SMILES string of the molecule is O=C(CN1CCN(C(c2ccccc2)c2ccccc2)CC1)Nc1nc(-c2ccc(Cl)cc2)cs1. The number of thiazole rings is 1. The van der Waals surface area contributed by atoms with Gasteiger partial charge in [-0.05, 0) is 23.3 Å². The monoisotopic (exact) mass is 502 g/mol. The van der Waals surface area contributed by atoms with Crippen molar-refractivity contribution in [3.05, 3.63) is 106 Å². The fraction of sp³-hybridized carbons (Fsp3) is 0.214. The highest BCUT2D eigenvalue weighted by atomic mass is 35.5. The Labute approximate surface area is 215 Å². The predicted octanol–water partition coefficient (Wildman–Crippen LogP) is 5.81. The number of rotatable bonds is 7. The van der Waals surface area contributed by atoms with E-state index in [1.807, 2.05) is 29.6 Å². The zero-order valence-electron chi connectivity index (χ0n) is 19.3. The van der Waals surface area contributed by atoms with Crippen LogP contribution in [0.15, 0.2) is 90.3 Å². The van der Waals surface area contributed by atoms with Crippen molar-refractivity contribution < 1.29 is 4.79 Å². The summed E-state index contributed by atoms with van der Waals surface area (Å²) < 4.78 is 0. The first kappa shape index (κ1) is 23.7. The van der Waals surface area contributed by atoms with Crippen molar-refractivity contribution in [2.75, 3.05) is 38.0 Å². The first-order valence-corrected chi connectivity index (χ1v) is 13.0. The molecule has 1 aliphatic rings. The Morgan fingerprint density at radius 3 is 2.09 bits per heavy atom. The van der Waals surface area contributed by atoms with Crippen molar-refractivity contribution in [3.63, 3.8) is 0 Å². The summed E-state index contributed by atoms with van der Waals surface area (Å²) in [6.45, 7) is 3.86. The van der Waals surface area contributed by atoms with E-state index in [1.165, 1.54) is 22.5 Å². The van der Waals surface area contributed by atoms with Gasteiger partial charge < -0.3 is 5.32 Å². The van der Waals surface area contributed by atoms with Crippen molar-refractivity contribution in [1.29, 1.82) is 0 Å². The molecule has 1 amide bonds. The summed E-state index contributed by atoms with van der Waals surface area (Å²) in [5.41, 5.74) is 4.41. The second kappa shape index (κ2) is 11.1. The summed E-state index contributed by atoms with van der Waals surface area (Å²) in [6.07, 6.45) is 0. The molecule has 0 radical (unpaired) electrons. The van der Waals surface area contributed by atoms with Gasteiger partial charge in [-0.15, -0.1) is 11.3 Å². The van der Waals surface area contributed by atoms with Crippen molar-refractivity contribution in [1.82, 2.24) is 14.8 Å². The Balaban J connectivity index is 1.17. The lowest BCUT2D eigenvalue weighted by Gasteiger charge is -2.39. The highest BCUT2D eigenvalue weighted by molar-refractivity contribution is 7.14. The molecule has 0 bridgehead atoms. The maximum absolute atomic E-state index is 12.7. The van der Waals surface area contributed by atoms with Gasteiger partial charge >= 0.3 is 0 Å². The molecule has 5 nitrogen and oxygen atoms in total. The molecule has 178 valence electrons. The van der Waals surface area contributed by atoms with Crippen molar-refractivity contribution >= 4 is 34.0 Å². The van der Waals surface area contributed by atoms with E-state index in [1.54, 1.807) is 0 Å². The van der Waals surface area contributed by atoms with Gasteiger partial charge in [0, 0.05) is 42.1 Å². The molecule has 0 atom stereocenters. The Morgan fingerprint density at radius 1 is 0.886 bits per heavy atom. The van der Waals surface area contributed by atoms with Crippen LogP contribution in [0.25, 0.3) is 11.3 Å². The lowest BCUT2D eigenvalue weighted by molar-refractivity contribution is -0.117. The van der Waals surface area contributed by atoms with Crippen LogP contribution in [0.1, 0.15) is 17.2 Å². The van der Waals surface area contributed by atoms with Crippen molar-refractivity contribution in [2.24, 2.45) is 0 Å². The summed E-state index contributed by atoms with van der Waals surface area (Å²) in [4.78, 5) is 22.0. The highest BCUT2D eigenvalue weighted by Gasteiger charge is 2.27. The van der Waals surface area contributed by atoms with Gasteiger partial charge in [0.1, 0.15) is 0 Å². The Kier molecular flexibility index (Phi) is 7.54. The largest absolute Gasteiger partial charge is 0.301 e. The maximum Gasteiger partial charge on any atom is 0.240 e. The smallest absolute Gasteiger partial charge is 0.240 e. The van der Waals surface area contributed by atoms with Crippen molar-refractivity contribution in [3.8, 4) is 11.3 Å². The average molecular weight is 503 g/mol. The van der Waals surface area contributed by atoms with Crippen LogP contribution in [0.4, 0.5) is 5.13 Å². The number of amides is 1. The van der Waals surface area contributed by atoms with Crippen LogP contribution in [-0.2, 0) is 4.79 Å². The van der Waals surface area contributed by atoms with Gasteiger partial charge in [-0.2, -0.15) is 0 Å². The number of aromatic nitrogens is 1. The number of halogens is 1. The van der Waals surface area contributed by atoms with E-state index in [4.69, 9.17) is 11.6 Å². The van der Waals surface area contributed by atoms with Crippen LogP contribution < -0.4 is 5.32 Å². The third-order valence-corrected chi connectivity index (χ3v) is 7.27. The molecule has 35 heavy (non-hydrogen) atoms. The topological polar surface area (TPSA) is 48.5 Å². The van der Waals surface area contributed by atoms with Crippen LogP contribution in [0.2, 0.25) is 5.02 Å². The Bertz CT molecular complexity index is 1200. The van der Waals surface area contributed by atoms with Gasteiger partial charge in [-0.25, -0.2) is 4.98 Å². The fourth-order valence-corrected chi connectivity index (χ4v) is 5.37. The summed E-state index contributed by atoms with van der Waals surface area (Å²) in [5, 5.41) is 6.22. The minimum atomic E-state index is -0.0295. The number of nitrogens with zero attached hydrogens (tertiary/aromatic N) is 3. The van der Waals surface area contributed by atoms with Gasteiger partial charge in [0.2, 0.25) is 5.91 Å². The molecule has 3 aromatic carbocycles. The summed E-state index contributed by atoms with van der Waals surface area (Å²) in [5.74, 6) is -0.0295. The lowest BCUT2D eigenvalue weighted by Crippen LogP contribution is -2.49. The number of benzene rings is 3. The first-order chi connectivity index (χ1) is 17.2. The fourth-order valence-electron chi connectivity index (χ4n) is 4.51. The van der Waals surface area contributed by atoms with Gasteiger partial charge in [0.15, 0.2) is 5.13 Å². The van der Waals surface area contributed by atoms with Crippen LogP contribution in [0.5, 0.6) is 0 Å².